The Labute approximate surface area is 157 Å². The van der Waals surface area contributed by atoms with Gasteiger partial charge in [-0.2, -0.15) is 0 Å². The maximum atomic E-state index is 5.69. The average molecular weight is 364 g/mol. The van der Waals surface area contributed by atoms with Gasteiger partial charge in [0.05, 0.1) is 11.0 Å². The Morgan fingerprint density at radius 1 is 1.12 bits per heavy atom. The minimum Gasteiger partial charge on any atom is -0.366 e. The van der Waals surface area contributed by atoms with Crippen molar-refractivity contribution in [3.63, 3.8) is 0 Å². The van der Waals surface area contributed by atoms with Gasteiger partial charge >= 0.3 is 0 Å². The van der Waals surface area contributed by atoms with Crippen molar-refractivity contribution in [1.82, 2.24) is 25.1 Å². The van der Waals surface area contributed by atoms with Gasteiger partial charge in [-0.15, -0.1) is 5.10 Å². The summed E-state index contributed by atoms with van der Waals surface area (Å²) in [6, 6.07) is 1.16. The van der Waals surface area contributed by atoms with E-state index in [1.54, 1.807) is 0 Å². The maximum absolute atomic E-state index is 5.69. The average Bonchev–Trinajstić information content (AvgIpc) is 3.11. The van der Waals surface area contributed by atoms with Crippen LogP contribution < -0.4 is 0 Å². The van der Waals surface area contributed by atoms with Crippen LogP contribution in [0.2, 0.25) is 0 Å². The minimum atomic E-state index is 0.498. The van der Waals surface area contributed by atoms with Crippen LogP contribution in [0.3, 0.4) is 0 Å². The van der Waals surface area contributed by atoms with Crippen LogP contribution in [0.5, 0.6) is 0 Å². The van der Waals surface area contributed by atoms with Crippen LogP contribution in [-0.4, -0.2) is 43.2 Å². The number of aromatic nitrogens is 4. The summed E-state index contributed by atoms with van der Waals surface area (Å²) >= 11 is 5.69. The van der Waals surface area contributed by atoms with Gasteiger partial charge in [0, 0.05) is 19.5 Å². The molecule has 6 heteroatoms. The number of rotatable bonds is 6. The van der Waals surface area contributed by atoms with Gasteiger partial charge in [-0.1, -0.05) is 38.4 Å². The molecule has 2 aliphatic carbocycles. The molecule has 0 atom stereocenters. The highest BCUT2D eigenvalue weighted by molar-refractivity contribution is 7.80. The zero-order valence-corrected chi connectivity index (χ0v) is 16.7. The molecule has 0 N–H and O–H groups in total. The van der Waals surface area contributed by atoms with Crippen molar-refractivity contribution in [3.05, 3.63) is 5.82 Å². The molecule has 0 saturated heterocycles. The Morgan fingerprint density at radius 2 is 1.84 bits per heavy atom. The Morgan fingerprint density at radius 3 is 2.56 bits per heavy atom. The Hall–Kier alpha value is -1.04. The maximum Gasteiger partial charge on any atom is 0.151 e. The normalized spacial score (nSPS) is 25.0. The van der Waals surface area contributed by atoms with E-state index >= 15 is 0 Å². The van der Waals surface area contributed by atoms with Crippen molar-refractivity contribution in [1.29, 1.82) is 0 Å². The van der Waals surface area contributed by atoms with Gasteiger partial charge in [0.25, 0.3) is 0 Å². The van der Waals surface area contributed by atoms with E-state index in [1.165, 1.54) is 57.8 Å². The first-order valence-electron chi connectivity index (χ1n) is 10.2. The summed E-state index contributed by atoms with van der Waals surface area (Å²) < 4.78 is 2.10. The predicted octanol–water partition coefficient (Wildman–Crippen LogP) is 4.34. The zero-order chi connectivity index (χ0) is 17.6. The molecule has 5 nitrogen and oxygen atoms in total. The van der Waals surface area contributed by atoms with E-state index in [9.17, 15) is 0 Å². The Kier molecular flexibility index (Phi) is 6.79. The lowest BCUT2D eigenvalue weighted by Gasteiger charge is -2.33. The highest BCUT2D eigenvalue weighted by Crippen LogP contribution is 2.31. The van der Waals surface area contributed by atoms with E-state index in [-0.39, 0.29) is 0 Å². The topological polar surface area (TPSA) is 46.8 Å². The second-order valence-corrected chi connectivity index (χ2v) is 8.57. The SMILES string of the molecule is CC1CCC(n2nnnc2CCCC(=S)N(C)C2CCCCC2)CC1. The second kappa shape index (κ2) is 9.06. The minimum absolute atomic E-state index is 0.498. The number of hydrogen-bond acceptors (Lipinski definition) is 4. The van der Waals surface area contributed by atoms with Gasteiger partial charge in [-0.25, -0.2) is 4.68 Å². The Bertz CT molecular complexity index is 544. The van der Waals surface area contributed by atoms with Crippen molar-refractivity contribution in [2.75, 3.05) is 7.05 Å². The lowest BCUT2D eigenvalue weighted by Crippen LogP contribution is -2.37. The number of tetrazole rings is 1. The molecule has 25 heavy (non-hydrogen) atoms. The first kappa shape index (κ1) is 18.7. The van der Waals surface area contributed by atoms with Crippen molar-refractivity contribution in [2.24, 2.45) is 5.92 Å². The smallest absolute Gasteiger partial charge is 0.151 e. The first-order valence-corrected chi connectivity index (χ1v) is 10.6. The van der Waals surface area contributed by atoms with Crippen molar-refractivity contribution >= 4 is 17.2 Å². The van der Waals surface area contributed by atoms with Gasteiger partial charge in [-0.3, -0.25) is 0 Å². The summed E-state index contributed by atoms with van der Waals surface area (Å²) in [6.07, 6.45) is 14.6. The molecule has 140 valence electrons. The van der Waals surface area contributed by atoms with Gasteiger partial charge in [0.1, 0.15) is 0 Å². The third-order valence-corrected chi connectivity index (χ3v) is 6.69. The molecule has 1 aromatic rings. The van der Waals surface area contributed by atoms with Crippen LogP contribution in [0.25, 0.3) is 0 Å². The molecule has 0 aromatic carbocycles. The van der Waals surface area contributed by atoms with Gasteiger partial charge < -0.3 is 4.90 Å². The summed E-state index contributed by atoms with van der Waals surface area (Å²) in [5.74, 6) is 1.89. The molecular weight excluding hydrogens is 330 g/mol. The Balaban J connectivity index is 1.46. The van der Waals surface area contributed by atoms with Crippen molar-refractivity contribution in [3.8, 4) is 0 Å². The van der Waals surface area contributed by atoms with Crippen LogP contribution >= 0.6 is 12.2 Å². The molecule has 0 amide bonds. The van der Waals surface area contributed by atoms with E-state index in [0.29, 0.717) is 12.1 Å². The zero-order valence-electron chi connectivity index (χ0n) is 15.9. The molecule has 0 radical (unpaired) electrons. The number of nitrogens with zero attached hydrogens (tertiary/aromatic N) is 5. The molecule has 2 fully saturated rings. The third-order valence-electron chi connectivity index (χ3n) is 6.20. The number of hydrogen-bond donors (Lipinski definition) is 0. The van der Waals surface area contributed by atoms with Gasteiger partial charge in [-0.05, 0) is 67.7 Å². The molecule has 2 aliphatic rings. The lowest BCUT2D eigenvalue weighted by atomic mass is 9.87. The summed E-state index contributed by atoms with van der Waals surface area (Å²) in [5, 5.41) is 12.5. The first-order chi connectivity index (χ1) is 12.1. The summed E-state index contributed by atoms with van der Waals surface area (Å²) in [4.78, 5) is 3.47. The molecule has 0 aliphatic heterocycles. The largest absolute Gasteiger partial charge is 0.366 e. The van der Waals surface area contributed by atoms with Gasteiger partial charge in [0.2, 0.25) is 0 Å². The number of aryl methyl sites for hydroxylation is 1. The number of thiocarbonyl (C=S) groups is 1. The molecule has 0 bridgehead atoms. The van der Waals surface area contributed by atoms with E-state index in [4.69, 9.17) is 12.2 Å². The van der Waals surface area contributed by atoms with E-state index < -0.39 is 0 Å². The highest BCUT2D eigenvalue weighted by Gasteiger charge is 2.23. The van der Waals surface area contributed by atoms with Gasteiger partial charge in [0.15, 0.2) is 5.82 Å². The molecule has 0 unspecified atom stereocenters. The molecule has 1 aromatic heterocycles. The fraction of sp³-hybridized carbons (Fsp3) is 0.895. The van der Waals surface area contributed by atoms with Crippen LogP contribution in [0, 0.1) is 5.92 Å². The van der Waals surface area contributed by atoms with E-state index in [1.807, 2.05) is 0 Å². The predicted molar refractivity (Wildman–Crippen MR) is 105 cm³/mol. The van der Waals surface area contributed by atoms with Crippen LogP contribution in [0.1, 0.15) is 89.4 Å². The molecule has 0 spiro atoms. The highest BCUT2D eigenvalue weighted by atomic mass is 32.1. The molecule has 1 heterocycles. The summed E-state index contributed by atoms with van der Waals surface area (Å²) in [6.45, 7) is 2.35. The summed E-state index contributed by atoms with van der Waals surface area (Å²) in [5.41, 5.74) is 0. The summed E-state index contributed by atoms with van der Waals surface area (Å²) in [7, 11) is 2.19. The van der Waals surface area contributed by atoms with E-state index in [0.717, 1.165) is 36.0 Å². The van der Waals surface area contributed by atoms with Crippen LogP contribution in [0.15, 0.2) is 0 Å². The quantitative estimate of drug-likeness (QED) is 0.704. The van der Waals surface area contributed by atoms with Crippen LogP contribution in [0.4, 0.5) is 0 Å². The van der Waals surface area contributed by atoms with Crippen molar-refractivity contribution in [2.45, 2.75) is 96.1 Å². The van der Waals surface area contributed by atoms with Crippen molar-refractivity contribution < 1.29 is 0 Å². The molecule has 2 saturated carbocycles. The fourth-order valence-corrected chi connectivity index (χ4v) is 4.69. The van der Waals surface area contributed by atoms with Crippen LogP contribution in [-0.2, 0) is 6.42 Å². The lowest BCUT2D eigenvalue weighted by molar-refractivity contribution is 0.265. The fourth-order valence-electron chi connectivity index (χ4n) is 4.39. The second-order valence-electron chi connectivity index (χ2n) is 8.10. The third kappa shape index (κ3) is 4.99. The standard InChI is InChI=1S/C19H33N5S/c1-15-11-13-17(14-12-15)24-18(20-21-22-24)9-6-10-19(25)23(2)16-7-4-3-5-8-16/h15-17H,3-14H2,1-2H3. The van der Waals surface area contributed by atoms with E-state index in [2.05, 4.69) is 39.1 Å². The monoisotopic (exact) mass is 363 g/mol. The molecule has 3 rings (SSSR count). The molecular formula is C19H33N5S.